The molecule has 1 aliphatic rings. The molecule has 2 rings (SSSR count). The molecule has 1 aliphatic heterocycles. The Bertz CT molecular complexity index is 375. The van der Waals surface area contributed by atoms with Crippen LogP contribution in [0.25, 0.3) is 0 Å². The summed E-state index contributed by atoms with van der Waals surface area (Å²) in [6.07, 6.45) is 0. The summed E-state index contributed by atoms with van der Waals surface area (Å²) in [5.41, 5.74) is 1.24. The van der Waals surface area contributed by atoms with Crippen molar-refractivity contribution in [3.05, 3.63) is 35.9 Å². The van der Waals surface area contributed by atoms with E-state index in [1.165, 1.54) is 5.56 Å². The first-order valence-corrected chi connectivity index (χ1v) is 6.38. The standard InChI is InChI=1S/C14H20N2O2/c1-12(17)15-11-14(13-5-3-2-4-6-13)16-7-9-18-10-8-16/h2-6,14H,7-11H2,1H3,(H,15,17). The van der Waals surface area contributed by atoms with Crippen LogP contribution in [-0.2, 0) is 9.53 Å². The van der Waals surface area contributed by atoms with Crippen LogP contribution in [0.15, 0.2) is 30.3 Å². The normalized spacial score (nSPS) is 18.3. The summed E-state index contributed by atoms with van der Waals surface area (Å²) >= 11 is 0. The zero-order valence-corrected chi connectivity index (χ0v) is 10.8. The van der Waals surface area contributed by atoms with Crippen molar-refractivity contribution >= 4 is 5.91 Å². The van der Waals surface area contributed by atoms with Crippen molar-refractivity contribution in [3.63, 3.8) is 0 Å². The van der Waals surface area contributed by atoms with Crippen molar-refractivity contribution in [2.24, 2.45) is 0 Å². The Morgan fingerprint density at radius 1 is 1.33 bits per heavy atom. The van der Waals surface area contributed by atoms with Crippen molar-refractivity contribution < 1.29 is 9.53 Å². The van der Waals surface area contributed by atoms with Gasteiger partial charge in [-0.3, -0.25) is 9.69 Å². The predicted molar refractivity (Wildman–Crippen MR) is 70.3 cm³/mol. The second-order valence-electron chi connectivity index (χ2n) is 4.51. The van der Waals surface area contributed by atoms with Gasteiger partial charge in [-0.05, 0) is 5.56 Å². The van der Waals surface area contributed by atoms with Gasteiger partial charge in [-0.1, -0.05) is 30.3 Å². The molecule has 0 saturated carbocycles. The average Bonchev–Trinajstić information content (AvgIpc) is 2.41. The highest BCUT2D eigenvalue weighted by atomic mass is 16.5. The van der Waals surface area contributed by atoms with Gasteiger partial charge in [0.25, 0.3) is 0 Å². The summed E-state index contributed by atoms with van der Waals surface area (Å²) in [6, 6.07) is 10.5. The Morgan fingerprint density at radius 3 is 2.61 bits per heavy atom. The molecular weight excluding hydrogens is 228 g/mol. The van der Waals surface area contributed by atoms with Crippen LogP contribution in [0.3, 0.4) is 0 Å². The maximum absolute atomic E-state index is 11.1. The molecule has 1 heterocycles. The van der Waals surface area contributed by atoms with Gasteiger partial charge in [0, 0.05) is 26.6 Å². The number of hydrogen-bond donors (Lipinski definition) is 1. The quantitative estimate of drug-likeness (QED) is 0.870. The molecule has 0 aromatic heterocycles. The summed E-state index contributed by atoms with van der Waals surface area (Å²) < 4.78 is 5.38. The lowest BCUT2D eigenvalue weighted by Crippen LogP contribution is -2.43. The van der Waals surface area contributed by atoms with Crippen LogP contribution in [0, 0.1) is 0 Å². The zero-order valence-electron chi connectivity index (χ0n) is 10.8. The first-order valence-electron chi connectivity index (χ1n) is 6.38. The SMILES string of the molecule is CC(=O)NCC(c1ccccc1)N1CCOCC1. The molecule has 1 fully saturated rings. The number of morpholine rings is 1. The third-order valence-corrected chi connectivity index (χ3v) is 3.22. The minimum Gasteiger partial charge on any atom is -0.379 e. The molecule has 0 radical (unpaired) electrons. The minimum atomic E-state index is 0.0178. The molecule has 1 amide bonds. The molecule has 0 bridgehead atoms. The number of amides is 1. The fourth-order valence-corrected chi connectivity index (χ4v) is 2.26. The molecule has 1 saturated heterocycles. The molecule has 0 aliphatic carbocycles. The highest BCUT2D eigenvalue weighted by Crippen LogP contribution is 2.20. The van der Waals surface area contributed by atoms with Crippen LogP contribution in [0.4, 0.5) is 0 Å². The van der Waals surface area contributed by atoms with Gasteiger partial charge >= 0.3 is 0 Å². The van der Waals surface area contributed by atoms with Crippen molar-refractivity contribution in [3.8, 4) is 0 Å². The van der Waals surface area contributed by atoms with Crippen LogP contribution >= 0.6 is 0 Å². The number of benzene rings is 1. The first-order chi connectivity index (χ1) is 8.77. The van der Waals surface area contributed by atoms with Crippen LogP contribution < -0.4 is 5.32 Å². The number of nitrogens with zero attached hydrogens (tertiary/aromatic N) is 1. The second kappa shape index (κ2) is 6.52. The van der Waals surface area contributed by atoms with Crippen LogP contribution in [-0.4, -0.2) is 43.7 Å². The molecule has 1 N–H and O–H groups in total. The Hall–Kier alpha value is -1.39. The Morgan fingerprint density at radius 2 is 2.00 bits per heavy atom. The third-order valence-electron chi connectivity index (χ3n) is 3.22. The van der Waals surface area contributed by atoms with Gasteiger partial charge in [-0.25, -0.2) is 0 Å². The van der Waals surface area contributed by atoms with E-state index in [1.54, 1.807) is 6.92 Å². The number of carbonyl (C=O) groups excluding carboxylic acids is 1. The minimum absolute atomic E-state index is 0.0178. The van der Waals surface area contributed by atoms with E-state index in [0.29, 0.717) is 6.54 Å². The van der Waals surface area contributed by atoms with Crippen LogP contribution in [0.1, 0.15) is 18.5 Å². The Kier molecular flexibility index (Phi) is 4.73. The average molecular weight is 248 g/mol. The monoisotopic (exact) mass is 248 g/mol. The highest BCUT2D eigenvalue weighted by molar-refractivity contribution is 5.72. The van der Waals surface area contributed by atoms with Crippen LogP contribution in [0.5, 0.6) is 0 Å². The number of nitrogens with one attached hydrogen (secondary N) is 1. The third kappa shape index (κ3) is 3.55. The second-order valence-corrected chi connectivity index (χ2v) is 4.51. The highest BCUT2D eigenvalue weighted by Gasteiger charge is 2.22. The largest absolute Gasteiger partial charge is 0.379 e. The summed E-state index contributed by atoms with van der Waals surface area (Å²) in [5.74, 6) is 0.0178. The molecule has 0 spiro atoms. The van der Waals surface area contributed by atoms with Gasteiger partial charge in [0.1, 0.15) is 0 Å². The zero-order chi connectivity index (χ0) is 12.8. The van der Waals surface area contributed by atoms with Gasteiger partial charge in [0.15, 0.2) is 0 Å². The van der Waals surface area contributed by atoms with Gasteiger partial charge in [0.05, 0.1) is 19.3 Å². The Labute approximate surface area is 108 Å². The first kappa shape index (κ1) is 13.1. The molecular formula is C14H20N2O2. The van der Waals surface area contributed by atoms with E-state index >= 15 is 0 Å². The molecule has 98 valence electrons. The predicted octanol–water partition coefficient (Wildman–Crippen LogP) is 1.20. The van der Waals surface area contributed by atoms with Gasteiger partial charge < -0.3 is 10.1 Å². The van der Waals surface area contributed by atoms with Gasteiger partial charge in [0.2, 0.25) is 5.91 Å². The Balaban J connectivity index is 2.08. The smallest absolute Gasteiger partial charge is 0.216 e. The van der Waals surface area contributed by atoms with Crippen molar-refractivity contribution in [1.29, 1.82) is 0 Å². The van der Waals surface area contributed by atoms with E-state index < -0.39 is 0 Å². The summed E-state index contributed by atoms with van der Waals surface area (Å²) in [7, 11) is 0. The number of carbonyl (C=O) groups is 1. The summed E-state index contributed by atoms with van der Waals surface area (Å²) in [6.45, 7) is 5.58. The lowest BCUT2D eigenvalue weighted by molar-refractivity contribution is -0.119. The van der Waals surface area contributed by atoms with E-state index in [0.717, 1.165) is 26.3 Å². The van der Waals surface area contributed by atoms with Crippen LogP contribution in [0.2, 0.25) is 0 Å². The summed E-state index contributed by atoms with van der Waals surface area (Å²) in [4.78, 5) is 13.5. The number of rotatable bonds is 4. The molecule has 1 unspecified atom stereocenters. The fourth-order valence-electron chi connectivity index (χ4n) is 2.26. The van der Waals surface area contributed by atoms with E-state index in [4.69, 9.17) is 4.74 Å². The maximum Gasteiger partial charge on any atom is 0.216 e. The molecule has 18 heavy (non-hydrogen) atoms. The molecule has 4 heteroatoms. The molecule has 4 nitrogen and oxygen atoms in total. The molecule has 1 atom stereocenters. The van der Waals surface area contributed by atoms with Gasteiger partial charge in [-0.15, -0.1) is 0 Å². The van der Waals surface area contributed by atoms with Crippen molar-refractivity contribution in [2.45, 2.75) is 13.0 Å². The van der Waals surface area contributed by atoms with Gasteiger partial charge in [-0.2, -0.15) is 0 Å². The van der Waals surface area contributed by atoms with E-state index in [1.807, 2.05) is 18.2 Å². The van der Waals surface area contributed by atoms with E-state index in [2.05, 4.69) is 22.3 Å². The van der Waals surface area contributed by atoms with Crippen molar-refractivity contribution in [2.75, 3.05) is 32.8 Å². The van der Waals surface area contributed by atoms with E-state index in [9.17, 15) is 4.79 Å². The van der Waals surface area contributed by atoms with E-state index in [-0.39, 0.29) is 11.9 Å². The number of hydrogen-bond acceptors (Lipinski definition) is 3. The number of ether oxygens (including phenoxy) is 1. The lowest BCUT2D eigenvalue weighted by atomic mass is 10.0. The molecule has 1 aromatic carbocycles. The van der Waals surface area contributed by atoms with Crippen molar-refractivity contribution in [1.82, 2.24) is 10.2 Å². The topological polar surface area (TPSA) is 41.6 Å². The summed E-state index contributed by atoms with van der Waals surface area (Å²) in [5, 5.41) is 2.92. The fraction of sp³-hybridized carbons (Fsp3) is 0.500. The maximum atomic E-state index is 11.1. The molecule has 1 aromatic rings. The lowest BCUT2D eigenvalue weighted by Gasteiger charge is -2.34.